The summed E-state index contributed by atoms with van der Waals surface area (Å²) >= 11 is 0. The van der Waals surface area contributed by atoms with Crippen LogP contribution in [0, 0.1) is 6.92 Å². The van der Waals surface area contributed by atoms with Gasteiger partial charge < -0.3 is 10.8 Å². The lowest BCUT2D eigenvalue weighted by Crippen LogP contribution is -2.21. The number of aromatic nitrogens is 1. The Labute approximate surface area is 170 Å². The number of azo groups is 1. The van der Waals surface area contributed by atoms with Crippen molar-refractivity contribution in [1.82, 2.24) is 4.57 Å². The van der Waals surface area contributed by atoms with Crippen LogP contribution in [0.15, 0.2) is 36.9 Å². The van der Waals surface area contributed by atoms with E-state index in [2.05, 4.69) is 10.2 Å². The van der Waals surface area contributed by atoms with E-state index in [-0.39, 0.29) is 24.0 Å². The number of hydrogen-bond donors (Lipinski definition) is 4. The number of carbonyl (C=O) groups is 1. The maximum atomic E-state index is 12.5. The maximum Gasteiger partial charge on any atom is 0.296 e. The first-order valence-corrected chi connectivity index (χ1v) is 10.8. The third kappa shape index (κ3) is 4.23. The van der Waals surface area contributed by atoms with E-state index in [0.717, 1.165) is 4.57 Å². The molecule has 1 heterocycles. The van der Waals surface area contributed by atoms with E-state index in [1.54, 1.807) is 0 Å². The Bertz CT molecular complexity index is 1340. The second-order valence-electron chi connectivity index (χ2n) is 5.89. The molecule has 0 amide bonds. The summed E-state index contributed by atoms with van der Waals surface area (Å²) in [6.07, 6.45) is 0.289. The zero-order chi connectivity index (χ0) is 23.0. The van der Waals surface area contributed by atoms with Gasteiger partial charge in [0.15, 0.2) is 12.0 Å². The molecule has 0 spiro atoms. The number of pyridine rings is 1. The summed E-state index contributed by atoms with van der Waals surface area (Å²) in [6, 6.07) is 1.07. The number of aldehydes is 1. The SMILES string of the molecule is CCn1c(O)c(C=O)c(C)c(N=Nc2cc(N)c(S(=O)(=O)O)cc2S(=O)(=O)O)c1=O. The zero-order valence-corrected chi connectivity index (χ0v) is 17.1. The molecule has 0 atom stereocenters. The Morgan fingerprint density at radius 2 is 1.67 bits per heavy atom. The van der Waals surface area contributed by atoms with Crippen LogP contribution >= 0.6 is 0 Å². The van der Waals surface area contributed by atoms with E-state index in [1.165, 1.54) is 13.8 Å². The second-order valence-corrected chi connectivity index (χ2v) is 8.67. The minimum absolute atomic E-state index is 0.0272. The van der Waals surface area contributed by atoms with Crippen molar-refractivity contribution in [3.63, 3.8) is 0 Å². The predicted molar refractivity (Wildman–Crippen MR) is 103 cm³/mol. The molecule has 15 heteroatoms. The summed E-state index contributed by atoms with van der Waals surface area (Å²) in [5.41, 5.74) is 2.66. The van der Waals surface area contributed by atoms with E-state index in [4.69, 9.17) is 10.3 Å². The van der Waals surface area contributed by atoms with Crippen LogP contribution in [0.2, 0.25) is 0 Å². The van der Waals surface area contributed by atoms with Crippen LogP contribution in [0.1, 0.15) is 22.8 Å². The van der Waals surface area contributed by atoms with Crippen molar-refractivity contribution in [3.05, 3.63) is 33.6 Å². The molecule has 1 aromatic carbocycles. The molecular formula is C15H16N4O9S2. The molecule has 13 nitrogen and oxygen atoms in total. The monoisotopic (exact) mass is 460 g/mol. The maximum absolute atomic E-state index is 12.5. The van der Waals surface area contributed by atoms with Crippen molar-refractivity contribution in [2.75, 3.05) is 5.73 Å². The lowest BCUT2D eigenvalue weighted by atomic mass is 10.1. The fraction of sp³-hybridized carbons (Fsp3) is 0.200. The molecule has 0 aliphatic rings. The number of nitrogens with zero attached hydrogens (tertiary/aromatic N) is 3. The normalized spacial score (nSPS) is 12.4. The quantitative estimate of drug-likeness (QED) is 0.209. The minimum Gasteiger partial charge on any atom is -0.494 e. The Balaban J connectivity index is 2.83. The van der Waals surface area contributed by atoms with Crippen molar-refractivity contribution in [2.45, 2.75) is 30.2 Å². The van der Waals surface area contributed by atoms with Crippen LogP contribution in [0.4, 0.5) is 17.1 Å². The lowest BCUT2D eigenvalue weighted by molar-refractivity contribution is 0.111. The Morgan fingerprint density at radius 3 is 2.13 bits per heavy atom. The van der Waals surface area contributed by atoms with Gasteiger partial charge in [0.2, 0.25) is 5.88 Å². The van der Waals surface area contributed by atoms with Gasteiger partial charge in [0.1, 0.15) is 15.5 Å². The molecule has 0 saturated heterocycles. The number of aromatic hydroxyl groups is 1. The van der Waals surface area contributed by atoms with Gasteiger partial charge in [-0.2, -0.15) is 16.8 Å². The molecule has 0 aliphatic carbocycles. The van der Waals surface area contributed by atoms with Crippen molar-refractivity contribution >= 4 is 43.6 Å². The van der Waals surface area contributed by atoms with Gasteiger partial charge in [0.05, 0.1) is 11.3 Å². The number of nitrogens with two attached hydrogens (primary N) is 1. The van der Waals surface area contributed by atoms with Crippen LogP contribution in [-0.4, -0.2) is 41.9 Å². The van der Waals surface area contributed by atoms with Crippen LogP contribution in [-0.2, 0) is 26.8 Å². The van der Waals surface area contributed by atoms with Crippen LogP contribution in [0.5, 0.6) is 5.88 Å². The molecule has 0 bridgehead atoms. The third-order valence-corrected chi connectivity index (χ3v) is 5.83. The summed E-state index contributed by atoms with van der Waals surface area (Å²) in [4.78, 5) is 21.7. The van der Waals surface area contributed by atoms with Gasteiger partial charge in [-0.3, -0.25) is 23.3 Å². The molecule has 0 saturated carbocycles. The Kier molecular flexibility index (Phi) is 6.13. The third-order valence-electron chi connectivity index (χ3n) is 4.04. The first-order chi connectivity index (χ1) is 13.7. The fourth-order valence-electron chi connectivity index (χ4n) is 2.56. The smallest absolute Gasteiger partial charge is 0.296 e. The molecule has 2 rings (SSSR count). The molecule has 0 fully saturated rings. The molecule has 30 heavy (non-hydrogen) atoms. The highest BCUT2D eigenvalue weighted by molar-refractivity contribution is 7.86. The average Bonchev–Trinajstić information content (AvgIpc) is 2.60. The average molecular weight is 460 g/mol. The summed E-state index contributed by atoms with van der Waals surface area (Å²) in [6.45, 7) is 2.77. The van der Waals surface area contributed by atoms with Crippen LogP contribution in [0.3, 0.4) is 0 Å². The number of carbonyl (C=O) groups excluding carboxylic acids is 1. The fourth-order valence-corrected chi connectivity index (χ4v) is 3.88. The molecule has 2 aromatic rings. The van der Waals surface area contributed by atoms with Gasteiger partial charge in [0.25, 0.3) is 25.8 Å². The Hall–Kier alpha value is -3.14. The van der Waals surface area contributed by atoms with Gasteiger partial charge in [-0.05, 0) is 31.5 Å². The van der Waals surface area contributed by atoms with Gasteiger partial charge in [-0.25, -0.2) is 0 Å². The highest BCUT2D eigenvalue weighted by Crippen LogP contribution is 2.33. The standard InChI is InChI=1S/C15H16N4O9S2/c1-3-19-14(21)8(6-20)7(2)13(15(19)22)18-17-10-4-9(16)11(29(23,24)25)5-12(10)30(26,27)28/h4-6,21H,3,16H2,1-2H3,(H,23,24,25)(H,26,27,28). The van der Waals surface area contributed by atoms with Crippen molar-refractivity contribution in [2.24, 2.45) is 10.2 Å². The number of hydrogen-bond acceptors (Lipinski definition) is 10. The van der Waals surface area contributed by atoms with E-state index in [0.29, 0.717) is 12.1 Å². The van der Waals surface area contributed by atoms with E-state index in [9.17, 15) is 36.1 Å². The van der Waals surface area contributed by atoms with Crippen LogP contribution < -0.4 is 11.3 Å². The van der Waals surface area contributed by atoms with Gasteiger partial charge in [-0.15, -0.1) is 10.2 Å². The number of benzene rings is 1. The first kappa shape index (κ1) is 23.1. The summed E-state index contributed by atoms with van der Waals surface area (Å²) in [5.74, 6) is -0.589. The number of anilines is 1. The molecule has 0 aliphatic heterocycles. The zero-order valence-electron chi connectivity index (χ0n) is 15.5. The van der Waals surface area contributed by atoms with Crippen LogP contribution in [0.25, 0.3) is 0 Å². The van der Waals surface area contributed by atoms with Gasteiger partial charge >= 0.3 is 0 Å². The molecule has 1 aromatic heterocycles. The van der Waals surface area contributed by atoms with Gasteiger partial charge in [-0.1, -0.05) is 0 Å². The molecule has 162 valence electrons. The molecular weight excluding hydrogens is 444 g/mol. The molecule has 5 N–H and O–H groups in total. The van der Waals surface area contributed by atoms with E-state index < -0.39 is 58.5 Å². The van der Waals surface area contributed by atoms with Crippen molar-refractivity contribution < 1.29 is 35.8 Å². The summed E-state index contributed by atoms with van der Waals surface area (Å²) < 4.78 is 65.2. The first-order valence-electron chi connectivity index (χ1n) is 7.95. The Morgan fingerprint density at radius 1 is 1.10 bits per heavy atom. The predicted octanol–water partition coefficient (Wildman–Crippen LogP) is 1.19. The van der Waals surface area contributed by atoms with Crippen molar-refractivity contribution in [1.29, 1.82) is 0 Å². The summed E-state index contributed by atoms with van der Waals surface area (Å²) in [5, 5.41) is 17.2. The number of rotatable bonds is 6. The largest absolute Gasteiger partial charge is 0.494 e. The second kappa shape index (κ2) is 7.94. The highest BCUT2D eigenvalue weighted by Gasteiger charge is 2.24. The summed E-state index contributed by atoms with van der Waals surface area (Å²) in [7, 11) is -9.98. The molecule has 0 unspecified atom stereocenters. The van der Waals surface area contributed by atoms with E-state index >= 15 is 0 Å². The van der Waals surface area contributed by atoms with E-state index in [1.807, 2.05) is 0 Å². The number of nitrogen functional groups attached to an aromatic ring is 1. The minimum atomic E-state index is -5.05. The molecule has 0 radical (unpaired) electrons. The topological polar surface area (TPSA) is 219 Å². The van der Waals surface area contributed by atoms with Gasteiger partial charge in [0, 0.05) is 6.54 Å². The highest BCUT2D eigenvalue weighted by atomic mass is 32.2. The lowest BCUT2D eigenvalue weighted by Gasteiger charge is -2.12. The van der Waals surface area contributed by atoms with Crippen molar-refractivity contribution in [3.8, 4) is 5.88 Å².